The summed E-state index contributed by atoms with van der Waals surface area (Å²) in [5.41, 5.74) is 0. The average molecular weight is 457 g/mol. The number of fused-ring (bicyclic) bond motifs is 1. The van der Waals surface area contributed by atoms with Crippen LogP contribution in [0.3, 0.4) is 0 Å². The molecule has 2 aromatic rings. The van der Waals surface area contributed by atoms with Crippen LogP contribution < -0.4 is 33.7 Å². The molecule has 5 heteroatoms. The maximum atomic E-state index is 12.3. The Kier molecular flexibility index (Phi) is 15.6. The third-order valence-electron chi connectivity index (χ3n) is 5.71. The van der Waals surface area contributed by atoms with Gasteiger partial charge in [-0.3, -0.25) is 0 Å². The molecule has 31 heavy (non-hydrogen) atoms. The second-order valence-corrected chi connectivity index (χ2v) is 10.1. The summed E-state index contributed by atoms with van der Waals surface area (Å²) in [4.78, 5) is 0. The van der Waals surface area contributed by atoms with Gasteiger partial charge in [-0.05, 0) is 17.9 Å². The third-order valence-corrected chi connectivity index (χ3v) is 6.94. The van der Waals surface area contributed by atoms with Gasteiger partial charge in [-0.1, -0.05) is 127 Å². The number of hydrogen-bond donors (Lipinski definition) is 0. The van der Waals surface area contributed by atoms with Crippen LogP contribution in [-0.4, -0.2) is 14.2 Å². The number of rotatable bonds is 17. The van der Waals surface area contributed by atoms with Crippen LogP contribution in [-0.2, 0) is 10.1 Å². The van der Waals surface area contributed by atoms with E-state index in [0.717, 1.165) is 23.6 Å². The Hall–Kier alpha value is -0.550. The molecule has 0 aliphatic rings. The van der Waals surface area contributed by atoms with Gasteiger partial charge in [-0.25, -0.2) is 0 Å². The van der Waals surface area contributed by atoms with Crippen LogP contribution in [0, 0.1) is 0 Å². The fourth-order valence-electron chi connectivity index (χ4n) is 3.92. The average Bonchev–Trinajstić information content (AvgIpc) is 2.74. The Morgan fingerprint density at radius 2 is 1.16 bits per heavy atom. The molecule has 0 aliphatic heterocycles. The molecule has 0 unspecified atom stereocenters. The number of hydrogen-bond acceptors (Lipinski definition) is 3. The minimum atomic E-state index is -3.54. The third kappa shape index (κ3) is 12.3. The summed E-state index contributed by atoms with van der Waals surface area (Å²) in [7, 11) is -3.54. The van der Waals surface area contributed by atoms with E-state index in [1.54, 1.807) is 6.07 Å². The van der Waals surface area contributed by atoms with Gasteiger partial charge in [0.1, 0.15) is 5.75 Å². The molecule has 0 heterocycles. The van der Waals surface area contributed by atoms with Gasteiger partial charge in [-0.2, -0.15) is 8.42 Å². The van der Waals surface area contributed by atoms with Gasteiger partial charge in [0, 0.05) is 5.39 Å². The Bertz CT molecular complexity index is 821. The first-order valence-electron chi connectivity index (χ1n) is 12.0. The van der Waals surface area contributed by atoms with Crippen LogP contribution >= 0.6 is 0 Å². The second-order valence-electron chi connectivity index (χ2n) is 8.42. The van der Waals surface area contributed by atoms with Crippen LogP contribution in [0.4, 0.5) is 0 Å². The van der Waals surface area contributed by atoms with E-state index in [1.807, 2.05) is 36.4 Å². The Morgan fingerprint density at radius 3 is 1.74 bits per heavy atom. The minimum Gasteiger partial charge on any atom is -1.00 e. The first kappa shape index (κ1) is 28.5. The minimum absolute atomic E-state index is 0. The summed E-state index contributed by atoms with van der Waals surface area (Å²) in [5, 5.41) is 1.83. The summed E-state index contributed by atoms with van der Waals surface area (Å²) in [6, 6.07) is 13.2. The van der Waals surface area contributed by atoms with Crippen molar-refractivity contribution in [2.75, 3.05) is 5.75 Å². The summed E-state index contributed by atoms with van der Waals surface area (Å²) in [5.74, 6) is 0.521. The van der Waals surface area contributed by atoms with Gasteiger partial charge in [0.2, 0.25) is 0 Å². The molecule has 0 radical (unpaired) electrons. The van der Waals surface area contributed by atoms with Crippen LogP contribution in [0.15, 0.2) is 42.5 Å². The zero-order valence-corrected chi connectivity index (χ0v) is 22.6. The Labute approximate surface area is 214 Å². The molecule has 0 aliphatic carbocycles. The van der Waals surface area contributed by atoms with E-state index in [2.05, 4.69) is 6.92 Å². The van der Waals surface area contributed by atoms with E-state index >= 15 is 0 Å². The fourth-order valence-corrected chi connectivity index (χ4v) is 4.98. The first-order valence-corrected chi connectivity index (χ1v) is 13.6. The predicted molar refractivity (Wildman–Crippen MR) is 130 cm³/mol. The van der Waals surface area contributed by atoms with Crippen molar-refractivity contribution in [1.82, 2.24) is 0 Å². The molecule has 0 atom stereocenters. The van der Waals surface area contributed by atoms with E-state index in [1.165, 1.54) is 70.6 Å². The van der Waals surface area contributed by atoms with E-state index in [0.29, 0.717) is 12.2 Å². The summed E-state index contributed by atoms with van der Waals surface area (Å²) in [6.45, 7) is 2.26. The zero-order valence-electron chi connectivity index (χ0n) is 20.8. The molecule has 0 aromatic heterocycles. The van der Waals surface area contributed by atoms with Gasteiger partial charge in [-0.15, -0.1) is 0 Å². The van der Waals surface area contributed by atoms with Gasteiger partial charge >= 0.3 is 39.7 Å². The molecule has 2 rings (SSSR count). The molecule has 3 nitrogen and oxygen atoms in total. The molecule has 2 aromatic carbocycles. The second kappa shape index (κ2) is 17.0. The van der Waals surface area contributed by atoms with Gasteiger partial charge < -0.3 is 5.61 Å². The molecule has 170 valence electrons. The SMILES string of the molecule is CCCCCCCCCCCCCCCCS(=O)(=O)Oc1cccc2ccccc12.[H-].[Na+]. The molecule has 0 spiro atoms. The van der Waals surface area contributed by atoms with Crippen molar-refractivity contribution >= 4 is 20.9 Å². The van der Waals surface area contributed by atoms with Crippen molar-refractivity contribution in [2.24, 2.45) is 0 Å². The summed E-state index contributed by atoms with van der Waals surface area (Å²) in [6.07, 6.45) is 17.6. The standard InChI is InChI=1S/C26H40O3S.Na.H/c1-2-3-4-5-6-7-8-9-10-11-12-13-14-17-23-30(27,28)29-26-22-18-20-24-19-15-16-21-25(24)26;;/h15-16,18-22H,2-14,17,23H2,1H3;;/q;+1;-1. The van der Waals surface area contributed by atoms with Crippen molar-refractivity contribution < 1.29 is 43.6 Å². The molecular formula is C26H41NaO3S. The first-order chi connectivity index (χ1) is 14.6. The van der Waals surface area contributed by atoms with Crippen LogP contribution in [0.25, 0.3) is 10.8 Å². The van der Waals surface area contributed by atoms with Gasteiger partial charge in [0.05, 0.1) is 5.75 Å². The van der Waals surface area contributed by atoms with Crippen molar-refractivity contribution in [3.05, 3.63) is 42.5 Å². The maximum absolute atomic E-state index is 12.3. The monoisotopic (exact) mass is 456 g/mol. The largest absolute Gasteiger partial charge is 1.00 e. The normalized spacial score (nSPS) is 11.4. The van der Waals surface area contributed by atoms with E-state index in [4.69, 9.17) is 4.18 Å². The summed E-state index contributed by atoms with van der Waals surface area (Å²) >= 11 is 0. The molecule has 0 N–H and O–H groups in total. The number of unbranched alkanes of at least 4 members (excludes halogenated alkanes) is 13. The van der Waals surface area contributed by atoms with Crippen molar-refractivity contribution in [3.8, 4) is 5.75 Å². The number of benzene rings is 2. The fraction of sp³-hybridized carbons (Fsp3) is 0.615. The topological polar surface area (TPSA) is 43.4 Å². The quantitative estimate of drug-likeness (QED) is 0.188. The van der Waals surface area contributed by atoms with Crippen molar-refractivity contribution in [3.63, 3.8) is 0 Å². The molecule has 0 saturated carbocycles. The van der Waals surface area contributed by atoms with Crippen molar-refractivity contribution in [2.45, 2.75) is 96.8 Å². The van der Waals surface area contributed by atoms with Gasteiger partial charge in [0.15, 0.2) is 0 Å². The molecule has 0 saturated heterocycles. The maximum Gasteiger partial charge on any atom is 1.00 e. The molecule has 0 amide bonds. The zero-order chi connectivity index (χ0) is 21.5. The van der Waals surface area contributed by atoms with Crippen molar-refractivity contribution in [1.29, 1.82) is 0 Å². The van der Waals surface area contributed by atoms with E-state index < -0.39 is 10.1 Å². The van der Waals surface area contributed by atoms with Crippen LogP contribution in [0.2, 0.25) is 0 Å². The van der Waals surface area contributed by atoms with E-state index in [-0.39, 0.29) is 36.7 Å². The van der Waals surface area contributed by atoms with Gasteiger partial charge in [0.25, 0.3) is 0 Å². The molecule has 0 bridgehead atoms. The van der Waals surface area contributed by atoms with Crippen LogP contribution in [0.1, 0.15) is 98.2 Å². The molecule has 0 fully saturated rings. The Balaban J connectivity index is 0.00000480. The molecular weight excluding hydrogens is 415 g/mol. The summed E-state index contributed by atoms with van der Waals surface area (Å²) < 4.78 is 30.1. The predicted octanol–water partition coefficient (Wildman–Crippen LogP) is 5.15. The smallest absolute Gasteiger partial charge is 1.00 e. The van der Waals surface area contributed by atoms with E-state index in [9.17, 15) is 8.42 Å². The van der Waals surface area contributed by atoms with Crippen LogP contribution in [0.5, 0.6) is 5.75 Å². The Morgan fingerprint density at radius 1 is 0.677 bits per heavy atom.